The average molecular weight is 299 g/mol. The summed E-state index contributed by atoms with van der Waals surface area (Å²) in [6, 6.07) is 8.89. The summed E-state index contributed by atoms with van der Waals surface area (Å²) in [5.41, 5.74) is 3.07. The second-order valence-electron chi connectivity index (χ2n) is 4.38. The minimum absolute atomic E-state index is 0.579. The first kappa shape index (κ1) is 12.5. The first-order valence-electron chi connectivity index (χ1n) is 6.12. The predicted octanol–water partition coefficient (Wildman–Crippen LogP) is 4.83. The van der Waals surface area contributed by atoms with Gasteiger partial charge in [-0.2, -0.15) is 11.8 Å². The molecule has 1 aliphatic rings. The third kappa shape index (κ3) is 2.84. The molecule has 0 saturated heterocycles. The standard InChI is InChI=1S/C14H19BrS/c1-2-16-10-9-12-8-7-11-5-3-4-6-13(11)14(12)15/h3-6,12,14H,2,7-10H2,1H3. The number of rotatable bonds is 4. The molecule has 0 radical (unpaired) electrons. The number of aryl methyl sites for hydroxylation is 1. The van der Waals surface area contributed by atoms with Crippen molar-refractivity contribution in [3.8, 4) is 0 Å². The highest BCUT2D eigenvalue weighted by atomic mass is 79.9. The highest BCUT2D eigenvalue weighted by Gasteiger charge is 2.26. The zero-order valence-corrected chi connectivity index (χ0v) is 12.2. The van der Waals surface area contributed by atoms with Crippen molar-refractivity contribution in [2.24, 2.45) is 5.92 Å². The van der Waals surface area contributed by atoms with Crippen LogP contribution < -0.4 is 0 Å². The Labute approximate surface area is 111 Å². The average Bonchev–Trinajstić information content (AvgIpc) is 2.33. The number of alkyl halides is 1. The number of thioether (sulfide) groups is 1. The number of benzene rings is 1. The molecule has 16 heavy (non-hydrogen) atoms. The quantitative estimate of drug-likeness (QED) is 0.567. The van der Waals surface area contributed by atoms with Crippen molar-refractivity contribution >= 4 is 27.7 Å². The first-order valence-corrected chi connectivity index (χ1v) is 8.19. The van der Waals surface area contributed by atoms with Gasteiger partial charge in [0, 0.05) is 4.83 Å². The highest BCUT2D eigenvalue weighted by Crippen LogP contribution is 2.42. The molecule has 1 aliphatic carbocycles. The Morgan fingerprint density at radius 1 is 1.38 bits per heavy atom. The van der Waals surface area contributed by atoms with E-state index in [4.69, 9.17) is 0 Å². The summed E-state index contributed by atoms with van der Waals surface area (Å²) < 4.78 is 0. The van der Waals surface area contributed by atoms with E-state index in [-0.39, 0.29) is 0 Å². The van der Waals surface area contributed by atoms with Crippen LogP contribution in [0.1, 0.15) is 35.7 Å². The van der Waals surface area contributed by atoms with Gasteiger partial charge in [0.1, 0.15) is 0 Å². The molecule has 0 aliphatic heterocycles. The molecule has 2 atom stereocenters. The van der Waals surface area contributed by atoms with Crippen molar-refractivity contribution in [2.45, 2.75) is 31.0 Å². The molecule has 88 valence electrons. The summed E-state index contributed by atoms with van der Waals surface area (Å²) in [6.07, 6.45) is 3.96. The highest BCUT2D eigenvalue weighted by molar-refractivity contribution is 9.09. The normalized spacial score (nSPS) is 24.1. The number of hydrogen-bond acceptors (Lipinski definition) is 1. The summed E-state index contributed by atoms with van der Waals surface area (Å²) >= 11 is 5.96. The Morgan fingerprint density at radius 3 is 3.00 bits per heavy atom. The summed E-state index contributed by atoms with van der Waals surface area (Å²) in [4.78, 5) is 0.579. The van der Waals surface area contributed by atoms with Gasteiger partial charge in [0.25, 0.3) is 0 Å². The van der Waals surface area contributed by atoms with Gasteiger partial charge < -0.3 is 0 Å². The maximum atomic E-state index is 3.90. The Morgan fingerprint density at radius 2 is 2.19 bits per heavy atom. The van der Waals surface area contributed by atoms with Crippen molar-refractivity contribution in [2.75, 3.05) is 11.5 Å². The molecule has 0 N–H and O–H groups in total. The van der Waals surface area contributed by atoms with Crippen molar-refractivity contribution < 1.29 is 0 Å². The lowest BCUT2D eigenvalue weighted by Gasteiger charge is -2.29. The van der Waals surface area contributed by atoms with E-state index < -0.39 is 0 Å². The van der Waals surface area contributed by atoms with Crippen LogP contribution in [-0.2, 0) is 6.42 Å². The number of hydrogen-bond donors (Lipinski definition) is 0. The van der Waals surface area contributed by atoms with E-state index in [1.54, 1.807) is 5.56 Å². The Kier molecular flexibility index (Phi) is 4.78. The van der Waals surface area contributed by atoms with Crippen molar-refractivity contribution in [3.63, 3.8) is 0 Å². The molecule has 2 unspecified atom stereocenters. The topological polar surface area (TPSA) is 0 Å². The minimum atomic E-state index is 0.579. The molecular weight excluding hydrogens is 280 g/mol. The second-order valence-corrected chi connectivity index (χ2v) is 6.77. The molecule has 0 aromatic heterocycles. The van der Waals surface area contributed by atoms with Crippen LogP contribution in [0.2, 0.25) is 0 Å². The largest absolute Gasteiger partial charge is 0.162 e. The molecule has 2 rings (SSSR count). The van der Waals surface area contributed by atoms with Crippen LogP contribution in [0, 0.1) is 5.92 Å². The van der Waals surface area contributed by atoms with E-state index in [2.05, 4.69) is 58.9 Å². The van der Waals surface area contributed by atoms with Crippen LogP contribution in [0.5, 0.6) is 0 Å². The number of fused-ring (bicyclic) bond motifs is 1. The van der Waals surface area contributed by atoms with Gasteiger partial charge in [0.2, 0.25) is 0 Å². The van der Waals surface area contributed by atoms with Gasteiger partial charge >= 0.3 is 0 Å². The molecule has 0 fully saturated rings. The molecule has 2 heteroatoms. The smallest absolute Gasteiger partial charge is 0.0426 e. The van der Waals surface area contributed by atoms with E-state index >= 15 is 0 Å². The van der Waals surface area contributed by atoms with Crippen molar-refractivity contribution in [3.05, 3.63) is 35.4 Å². The molecule has 0 nitrogen and oxygen atoms in total. The zero-order valence-electron chi connectivity index (χ0n) is 9.79. The predicted molar refractivity (Wildman–Crippen MR) is 77.5 cm³/mol. The monoisotopic (exact) mass is 298 g/mol. The van der Waals surface area contributed by atoms with E-state index in [0.717, 1.165) is 5.92 Å². The number of halogens is 1. The SMILES string of the molecule is CCSCCC1CCc2ccccc2C1Br. The fraction of sp³-hybridized carbons (Fsp3) is 0.571. The summed E-state index contributed by atoms with van der Waals surface area (Å²) in [5, 5.41) is 0. The van der Waals surface area contributed by atoms with Gasteiger partial charge in [-0.3, -0.25) is 0 Å². The third-order valence-electron chi connectivity index (χ3n) is 3.39. The lowest BCUT2D eigenvalue weighted by atomic mass is 9.82. The molecule has 0 amide bonds. The maximum absolute atomic E-state index is 3.90. The van der Waals surface area contributed by atoms with Crippen LogP contribution in [0.15, 0.2) is 24.3 Å². The second kappa shape index (κ2) is 6.11. The Hall–Kier alpha value is 0.0500. The lowest BCUT2D eigenvalue weighted by molar-refractivity contribution is 0.445. The molecule has 0 bridgehead atoms. The fourth-order valence-corrected chi connectivity index (χ4v) is 4.18. The summed E-state index contributed by atoms with van der Waals surface area (Å²) in [5.74, 6) is 3.38. The Balaban J connectivity index is 2.00. The fourth-order valence-electron chi connectivity index (χ4n) is 2.44. The van der Waals surface area contributed by atoms with E-state index in [1.807, 2.05) is 0 Å². The van der Waals surface area contributed by atoms with Crippen molar-refractivity contribution in [1.29, 1.82) is 0 Å². The summed E-state index contributed by atoms with van der Waals surface area (Å²) in [7, 11) is 0. The zero-order chi connectivity index (χ0) is 11.4. The van der Waals surface area contributed by atoms with E-state index in [1.165, 1.54) is 36.3 Å². The van der Waals surface area contributed by atoms with Gasteiger partial charge in [-0.15, -0.1) is 0 Å². The lowest BCUT2D eigenvalue weighted by Crippen LogP contribution is -2.17. The molecular formula is C14H19BrS. The molecule has 0 saturated carbocycles. The minimum Gasteiger partial charge on any atom is -0.162 e. The van der Waals surface area contributed by atoms with Crippen LogP contribution in [0.3, 0.4) is 0 Å². The molecule has 1 aromatic carbocycles. The van der Waals surface area contributed by atoms with Crippen LogP contribution in [-0.4, -0.2) is 11.5 Å². The van der Waals surface area contributed by atoms with Gasteiger partial charge in [0.15, 0.2) is 0 Å². The van der Waals surface area contributed by atoms with Crippen LogP contribution in [0.25, 0.3) is 0 Å². The summed E-state index contributed by atoms with van der Waals surface area (Å²) in [6.45, 7) is 2.24. The van der Waals surface area contributed by atoms with Gasteiger partial charge in [-0.25, -0.2) is 0 Å². The van der Waals surface area contributed by atoms with Crippen LogP contribution in [0.4, 0.5) is 0 Å². The van der Waals surface area contributed by atoms with Gasteiger partial charge in [-0.05, 0) is 47.8 Å². The van der Waals surface area contributed by atoms with Gasteiger partial charge in [-0.1, -0.05) is 47.1 Å². The third-order valence-corrected chi connectivity index (χ3v) is 5.56. The Bertz CT molecular complexity index is 337. The van der Waals surface area contributed by atoms with E-state index in [0.29, 0.717) is 4.83 Å². The molecule has 1 aromatic rings. The maximum Gasteiger partial charge on any atom is 0.0426 e. The molecule has 0 heterocycles. The van der Waals surface area contributed by atoms with Crippen molar-refractivity contribution in [1.82, 2.24) is 0 Å². The van der Waals surface area contributed by atoms with Gasteiger partial charge in [0.05, 0.1) is 0 Å². The van der Waals surface area contributed by atoms with Crippen LogP contribution >= 0.6 is 27.7 Å². The van der Waals surface area contributed by atoms with E-state index in [9.17, 15) is 0 Å². The molecule has 0 spiro atoms. The first-order chi connectivity index (χ1) is 7.83.